The number of benzene rings is 8. The van der Waals surface area contributed by atoms with Crippen LogP contribution in [0.25, 0.3) is 0 Å². The average molecular weight is 1220 g/mol. The number of carbonyl (C=O) groups is 1. The van der Waals surface area contributed by atoms with Crippen molar-refractivity contribution in [3.05, 3.63) is 273 Å². The molecule has 0 saturated carbocycles. The number of halogens is 6. The summed E-state index contributed by atoms with van der Waals surface area (Å²) < 4.78 is 59.2. The number of aromatic carboxylic acids is 1. The zero-order valence-corrected chi connectivity index (χ0v) is 48.4. The Morgan fingerprint density at radius 2 is 0.494 bits per heavy atom. The van der Waals surface area contributed by atoms with Crippen LogP contribution in [0.5, 0.6) is 0 Å². The van der Waals surface area contributed by atoms with E-state index in [1.165, 1.54) is 105 Å². The van der Waals surface area contributed by atoms with Crippen LogP contribution in [-0.2, 0) is 19.5 Å². The van der Waals surface area contributed by atoms with Crippen molar-refractivity contribution in [3.63, 3.8) is 0 Å². The number of unbranched alkanes of at least 4 members (excludes halogenated alkanes) is 2. The molecule has 1 heterocycles. The molecule has 0 N–H and O–H groups in total. The molecule has 15 heteroatoms. The van der Waals surface area contributed by atoms with Crippen LogP contribution in [0.15, 0.2) is 267 Å². The normalized spacial score (nSPS) is 11.8. The van der Waals surface area contributed by atoms with Crippen molar-refractivity contribution in [1.82, 2.24) is 4.98 Å². The Balaban J connectivity index is 0.000000219. The van der Waals surface area contributed by atoms with E-state index < -0.39 is 13.8 Å². The second-order valence-corrected chi connectivity index (χ2v) is 28.4. The minimum atomic E-state index is -10.7. The summed E-state index contributed by atoms with van der Waals surface area (Å²) in [7, 11) is -11.8. The molecule has 0 spiro atoms. The minimum absolute atomic E-state index is 0. The summed E-state index contributed by atoms with van der Waals surface area (Å²) in [5.74, 6) is -1.24. The van der Waals surface area contributed by atoms with Crippen LogP contribution in [0.2, 0.25) is 0 Å². The van der Waals surface area contributed by atoms with Crippen LogP contribution >= 0.6 is 39.5 Å². The van der Waals surface area contributed by atoms with Gasteiger partial charge in [-0.2, -0.15) is 0 Å². The van der Waals surface area contributed by atoms with E-state index in [4.69, 9.17) is 0 Å². The van der Waals surface area contributed by atoms with E-state index in [2.05, 4.69) is 248 Å². The molecule has 0 saturated heterocycles. The van der Waals surface area contributed by atoms with E-state index in [1.54, 1.807) is 12.1 Å². The van der Waals surface area contributed by atoms with Gasteiger partial charge in [-0.3, -0.25) is 4.98 Å². The summed E-state index contributed by atoms with van der Waals surface area (Å²) in [5.41, 5.74) is -0.0301. The summed E-state index contributed by atoms with van der Waals surface area (Å²) in [4.78, 5) is 13.5. The molecule has 9 aromatic rings. The Morgan fingerprint density at radius 3 is 0.623 bits per heavy atom. The van der Waals surface area contributed by atoms with E-state index in [-0.39, 0.29) is 56.9 Å². The Hall–Kier alpha value is -5.27. The molecule has 0 fully saturated rings. The number of pyridine rings is 1. The van der Waals surface area contributed by atoms with Crippen molar-refractivity contribution < 1.29 is 54.6 Å². The molecule has 0 bridgehead atoms. The Morgan fingerprint density at radius 1 is 0.325 bits per heavy atom. The van der Waals surface area contributed by atoms with Gasteiger partial charge in [0.25, 0.3) is 0 Å². The van der Waals surface area contributed by atoms with Gasteiger partial charge in [0.15, 0.2) is 0 Å². The third-order valence-corrected chi connectivity index (χ3v) is 21.9. The Bertz CT molecular complexity index is 2500. The summed E-state index contributed by atoms with van der Waals surface area (Å²) in [6.07, 6.45) is 11.5. The number of carboxylic acid groups (broad SMARTS) is 1. The number of hydrogen-bond donors (Lipinski definition) is 0. The van der Waals surface area contributed by atoms with Crippen LogP contribution in [0.1, 0.15) is 36.2 Å². The van der Waals surface area contributed by atoms with E-state index in [1.807, 2.05) is 0 Å². The van der Waals surface area contributed by atoms with Crippen molar-refractivity contribution in [2.24, 2.45) is 0 Å². The second-order valence-electron chi connectivity index (χ2n) is 17.2. The first-order valence-electron chi connectivity index (χ1n) is 24.8. The van der Waals surface area contributed by atoms with E-state index in [9.17, 15) is 35.1 Å². The first-order chi connectivity index (χ1) is 36.6. The maximum atomic E-state index is 10.0. The third-order valence-electron chi connectivity index (χ3n) is 11.4. The number of aromatic nitrogens is 1. The van der Waals surface area contributed by atoms with Crippen LogP contribution in [0.4, 0.5) is 25.2 Å². The predicted octanol–water partition coefficient (Wildman–Crippen LogP) is 14.9. The monoisotopic (exact) mass is 1220 g/mol. The first kappa shape index (κ1) is 62.6. The van der Waals surface area contributed by atoms with Crippen LogP contribution < -0.4 is 47.5 Å². The molecule has 0 amide bonds. The van der Waals surface area contributed by atoms with Gasteiger partial charge < -0.3 is 9.90 Å². The number of carbonyl (C=O) groups excluding carboxylic acids is 1. The molecule has 0 unspecified atom stereocenters. The van der Waals surface area contributed by atoms with Gasteiger partial charge in [0.1, 0.15) is 0 Å². The van der Waals surface area contributed by atoms with Crippen molar-refractivity contribution in [1.29, 1.82) is 0 Å². The van der Waals surface area contributed by atoms with Gasteiger partial charge in [-0.1, -0.05) is 249 Å². The molecule has 0 aliphatic rings. The largest absolute Gasteiger partial charge is 2.00 e. The van der Waals surface area contributed by atoms with Crippen LogP contribution in [0, 0.1) is 0 Å². The van der Waals surface area contributed by atoms with Crippen molar-refractivity contribution in [3.8, 4) is 0 Å². The quantitative estimate of drug-likeness (QED) is 0.0351. The van der Waals surface area contributed by atoms with Gasteiger partial charge in [0, 0.05) is 6.20 Å². The fourth-order valence-electron chi connectivity index (χ4n) is 8.06. The molecular formula is C62H60F6NO2P5Ru. The first-order valence-corrected chi connectivity index (χ1v) is 32.9. The SMILES string of the molecule is F[P-](F)(F)(F)(F)F.O=C([O-])c1ccccn1.[Ru+2].c1ccc(P(CCCCP(c2ccccc2)c2ccccc2)c2ccccc2)cc1.c1ccc(P(CCCCP(c2ccccc2)c2ccccc2)c2ccccc2)cc1. The number of rotatable bonds is 19. The Labute approximate surface area is 467 Å². The van der Waals surface area contributed by atoms with Crippen molar-refractivity contribution in [2.75, 3.05) is 24.6 Å². The number of carboxylic acids is 1. The van der Waals surface area contributed by atoms with Crippen LogP contribution in [-0.4, -0.2) is 35.6 Å². The van der Waals surface area contributed by atoms with Crippen molar-refractivity contribution >= 4 is 87.9 Å². The summed E-state index contributed by atoms with van der Waals surface area (Å²) in [6, 6.07) is 93.3. The van der Waals surface area contributed by atoms with Gasteiger partial charge >= 0.3 is 52.5 Å². The molecule has 0 aliphatic heterocycles. The van der Waals surface area contributed by atoms with Gasteiger partial charge in [-0.05, 0) is 137 Å². The molecule has 77 heavy (non-hydrogen) atoms. The van der Waals surface area contributed by atoms with E-state index in [0.717, 1.165) is 0 Å². The predicted molar refractivity (Wildman–Crippen MR) is 316 cm³/mol. The van der Waals surface area contributed by atoms with Crippen molar-refractivity contribution in [2.45, 2.75) is 25.7 Å². The second kappa shape index (κ2) is 31.4. The summed E-state index contributed by atoms with van der Waals surface area (Å²) in [5, 5.41) is 22.0. The molecule has 8 aromatic carbocycles. The fraction of sp³-hybridized carbons (Fsp3) is 0.129. The van der Waals surface area contributed by atoms with Gasteiger partial charge in [0.05, 0.1) is 11.7 Å². The number of hydrogen-bond acceptors (Lipinski definition) is 3. The topological polar surface area (TPSA) is 53.0 Å². The molecule has 0 atom stereocenters. The molecular weight excluding hydrogens is 1160 g/mol. The van der Waals surface area contributed by atoms with Gasteiger partial charge in [-0.15, -0.1) is 0 Å². The van der Waals surface area contributed by atoms with E-state index in [0.29, 0.717) is 0 Å². The maximum Gasteiger partial charge on any atom is 2.00 e. The smallest absolute Gasteiger partial charge is 0.543 e. The summed E-state index contributed by atoms with van der Waals surface area (Å²) >= 11 is 0. The molecule has 0 radical (unpaired) electrons. The zero-order chi connectivity index (χ0) is 54.0. The summed E-state index contributed by atoms with van der Waals surface area (Å²) in [6.45, 7) is 0. The van der Waals surface area contributed by atoms with Crippen LogP contribution in [0.3, 0.4) is 0 Å². The average Bonchev–Trinajstić information content (AvgIpc) is 3.45. The molecule has 400 valence electrons. The molecule has 9 rings (SSSR count). The van der Waals surface area contributed by atoms with Gasteiger partial charge in [0.2, 0.25) is 0 Å². The Kier molecular flexibility index (Phi) is 25.5. The maximum absolute atomic E-state index is 10.7. The standard InChI is InChI=1S/2C28H28P2.C6H5NO2.F6P.Ru/c2*1-5-15-25(16-6-1)29(26-17-7-2-8-18-26)23-13-14-24-30(27-19-9-3-10-20-27)28-21-11-4-12-22-28;8-6(9)5-3-1-2-4-7-5;1-7(2,3,4,5)6;/h2*1-12,15-22H,13-14,23-24H2;1-4H,(H,8,9);;/q;;;-1;+2/p-1. The molecule has 0 aliphatic carbocycles. The van der Waals surface area contributed by atoms with E-state index >= 15 is 0 Å². The molecule has 1 aromatic heterocycles. The number of nitrogens with zero attached hydrogens (tertiary/aromatic N) is 1. The van der Waals surface area contributed by atoms with Gasteiger partial charge in [-0.25, -0.2) is 0 Å². The molecule has 3 nitrogen and oxygen atoms in total. The zero-order valence-electron chi connectivity index (χ0n) is 42.2. The minimum Gasteiger partial charge on any atom is -0.543 e. The third kappa shape index (κ3) is 24.5. The fourth-order valence-corrected chi connectivity index (χ4v) is 17.7.